The molecule has 0 radical (unpaired) electrons. The first-order valence-corrected chi connectivity index (χ1v) is 7.93. The third-order valence-corrected chi connectivity index (χ3v) is 4.13. The molecule has 1 aliphatic heterocycles. The summed E-state index contributed by atoms with van der Waals surface area (Å²) >= 11 is 0. The molecule has 0 spiro atoms. The zero-order chi connectivity index (χ0) is 16.6. The number of nitrogen functional groups attached to an aromatic ring is 1. The Kier molecular flexibility index (Phi) is 4.04. The first-order valence-electron chi connectivity index (χ1n) is 6.44. The lowest BCUT2D eigenvalue weighted by atomic mass is 10.3. The molecule has 0 fully saturated rings. The molecule has 124 valence electrons. The molecule has 0 aliphatic carbocycles. The van der Waals surface area contributed by atoms with Crippen molar-refractivity contribution in [3.63, 3.8) is 0 Å². The molecule has 0 saturated heterocycles. The third kappa shape index (κ3) is 3.19. The summed E-state index contributed by atoms with van der Waals surface area (Å²) in [5, 5.41) is 9.91. The summed E-state index contributed by atoms with van der Waals surface area (Å²) in [6.45, 7) is 0.151. The summed E-state index contributed by atoms with van der Waals surface area (Å²) in [7, 11) is -3.20. The van der Waals surface area contributed by atoms with Gasteiger partial charge in [-0.2, -0.15) is 0 Å². The predicted octanol–water partition coefficient (Wildman–Crippen LogP) is 0.339. The van der Waals surface area contributed by atoms with E-state index in [4.69, 9.17) is 15.0 Å². The zero-order valence-electron chi connectivity index (χ0n) is 11.9. The van der Waals surface area contributed by atoms with Crippen LogP contribution >= 0.6 is 7.82 Å². The fourth-order valence-electron chi connectivity index (χ4n) is 2.09. The maximum absolute atomic E-state index is 11.4. The molecule has 2 aromatic heterocycles. The van der Waals surface area contributed by atoms with Crippen molar-refractivity contribution in [1.29, 1.82) is 0 Å². The third-order valence-electron chi connectivity index (χ3n) is 3.19. The van der Waals surface area contributed by atoms with Gasteiger partial charge in [0.25, 0.3) is 0 Å². The Morgan fingerprint density at radius 2 is 2.26 bits per heavy atom. The Bertz CT molecular complexity index is 807. The van der Waals surface area contributed by atoms with Gasteiger partial charge in [0.05, 0.1) is 12.9 Å². The van der Waals surface area contributed by atoms with Crippen LogP contribution in [0.4, 0.5) is 5.82 Å². The van der Waals surface area contributed by atoms with Gasteiger partial charge in [-0.1, -0.05) is 0 Å². The van der Waals surface area contributed by atoms with Gasteiger partial charge in [-0.25, -0.2) is 19.5 Å². The predicted molar refractivity (Wildman–Crippen MR) is 77.0 cm³/mol. The Hall–Kier alpha value is -2.04. The van der Waals surface area contributed by atoms with Gasteiger partial charge in [0.2, 0.25) is 0 Å². The van der Waals surface area contributed by atoms with Crippen LogP contribution in [0, 0.1) is 0 Å². The fraction of sp³-hybridized carbons (Fsp3) is 0.364. The SMILES string of the molecule is COP(=O)(O)O[C@H]1C=C(O)[C@@H](Cn2cnc3c(N)ncnc32)O1. The second-order valence-electron chi connectivity index (χ2n) is 4.67. The number of phosphoric ester groups is 1. The lowest BCUT2D eigenvalue weighted by Crippen LogP contribution is -2.21. The average molecular weight is 343 g/mol. The number of hydrogen-bond acceptors (Lipinski definition) is 9. The van der Waals surface area contributed by atoms with Crippen LogP contribution in [0.2, 0.25) is 0 Å². The molecule has 23 heavy (non-hydrogen) atoms. The van der Waals surface area contributed by atoms with Gasteiger partial charge >= 0.3 is 7.82 Å². The van der Waals surface area contributed by atoms with E-state index in [1.165, 1.54) is 18.7 Å². The monoisotopic (exact) mass is 343 g/mol. The van der Waals surface area contributed by atoms with Crippen molar-refractivity contribution in [3.05, 3.63) is 24.5 Å². The highest BCUT2D eigenvalue weighted by Gasteiger charge is 2.34. The minimum Gasteiger partial charge on any atom is -0.510 e. The van der Waals surface area contributed by atoms with E-state index in [9.17, 15) is 14.6 Å². The van der Waals surface area contributed by atoms with Gasteiger partial charge < -0.3 is 25.0 Å². The first kappa shape index (κ1) is 15.8. The van der Waals surface area contributed by atoms with Crippen molar-refractivity contribution >= 4 is 24.8 Å². The van der Waals surface area contributed by atoms with Crippen molar-refractivity contribution in [2.45, 2.75) is 18.9 Å². The van der Waals surface area contributed by atoms with Crippen LogP contribution in [0.5, 0.6) is 0 Å². The molecule has 1 aliphatic rings. The maximum Gasteiger partial charge on any atom is 0.474 e. The summed E-state index contributed by atoms with van der Waals surface area (Å²) in [5.41, 5.74) is 6.61. The number of imidazole rings is 1. The fourth-order valence-corrected chi connectivity index (χ4v) is 2.55. The molecule has 3 heterocycles. The van der Waals surface area contributed by atoms with Crippen LogP contribution in [0.15, 0.2) is 24.5 Å². The number of rotatable bonds is 5. The highest BCUT2D eigenvalue weighted by molar-refractivity contribution is 7.47. The van der Waals surface area contributed by atoms with E-state index in [0.717, 1.165) is 7.11 Å². The summed E-state index contributed by atoms with van der Waals surface area (Å²) in [5.74, 6) is 0.0957. The largest absolute Gasteiger partial charge is 0.510 e. The van der Waals surface area contributed by atoms with Crippen LogP contribution in [-0.2, 0) is 24.9 Å². The minimum absolute atomic E-state index is 0.144. The number of nitrogens with two attached hydrogens (primary N) is 1. The lowest BCUT2D eigenvalue weighted by molar-refractivity contribution is -0.0809. The summed E-state index contributed by atoms with van der Waals surface area (Å²) in [4.78, 5) is 21.3. The maximum atomic E-state index is 11.4. The first-order chi connectivity index (χ1) is 10.9. The van der Waals surface area contributed by atoms with E-state index in [0.29, 0.717) is 11.2 Å². The molecule has 0 aromatic carbocycles. The molecular formula is C11H14N5O6P. The van der Waals surface area contributed by atoms with Crippen LogP contribution in [-0.4, -0.2) is 49.0 Å². The van der Waals surface area contributed by atoms with E-state index < -0.39 is 20.2 Å². The number of hydrogen-bond donors (Lipinski definition) is 3. The second kappa shape index (κ2) is 5.87. The Balaban J connectivity index is 1.75. The van der Waals surface area contributed by atoms with Gasteiger partial charge in [-0.3, -0.25) is 9.05 Å². The Morgan fingerprint density at radius 1 is 1.48 bits per heavy atom. The number of phosphoric acid groups is 1. The van der Waals surface area contributed by atoms with Gasteiger partial charge in [-0.15, -0.1) is 0 Å². The molecular weight excluding hydrogens is 329 g/mol. The molecule has 3 atom stereocenters. The standard InChI is InChI=1S/C11H14N5O6P/c1-20-23(18,19)22-8-2-6(17)7(21-8)3-16-5-15-9-10(12)13-4-14-11(9)16/h2,4-5,7-8,17H,3H2,1H3,(H,18,19)(H2,12,13,14)/t7-,8+/m1/s1. The minimum atomic E-state index is -4.23. The van der Waals surface area contributed by atoms with Gasteiger partial charge in [0.1, 0.15) is 23.7 Å². The number of ether oxygens (including phenoxy) is 1. The average Bonchev–Trinajstić information content (AvgIpc) is 3.05. The van der Waals surface area contributed by atoms with E-state index in [-0.39, 0.29) is 18.1 Å². The Morgan fingerprint density at radius 3 is 3.00 bits per heavy atom. The highest BCUT2D eigenvalue weighted by Crippen LogP contribution is 2.45. The summed E-state index contributed by atoms with van der Waals surface area (Å²) in [6, 6.07) is 0. The van der Waals surface area contributed by atoms with Gasteiger partial charge in [0.15, 0.2) is 17.8 Å². The van der Waals surface area contributed by atoms with Crippen molar-refractivity contribution in [3.8, 4) is 0 Å². The number of aliphatic hydroxyl groups is 1. The van der Waals surface area contributed by atoms with Crippen LogP contribution in [0.1, 0.15) is 0 Å². The number of aromatic nitrogens is 4. The molecule has 0 bridgehead atoms. The van der Waals surface area contributed by atoms with Crippen molar-refractivity contribution in [2.75, 3.05) is 12.8 Å². The highest BCUT2D eigenvalue weighted by atomic mass is 31.2. The van der Waals surface area contributed by atoms with Crippen LogP contribution in [0.25, 0.3) is 11.2 Å². The van der Waals surface area contributed by atoms with Crippen molar-refractivity contribution in [1.82, 2.24) is 19.5 Å². The van der Waals surface area contributed by atoms with Gasteiger partial charge in [0, 0.05) is 13.2 Å². The number of nitrogens with zero attached hydrogens (tertiary/aromatic N) is 4. The lowest BCUT2D eigenvalue weighted by Gasteiger charge is -2.17. The summed E-state index contributed by atoms with van der Waals surface area (Å²) < 4.78 is 27.4. The number of aliphatic hydroxyl groups excluding tert-OH is 1. The molecule has 2 aromatic rings. The molecule has 1 unspecified atom stereocenters. The van der Waals surface area contributed by atoms with E-state index in [1.54, 1.807) is 4.57 Å². The normalized spacial score (nSPS) is 23.8. The molecule has 4 N–H and O–H groups in total. The zero-order valence-corrected chi connectivity index (χ0v) is 12.8. The van der Waals surface area contributed by atoms with Gasteiger partial charge in [-0.05, 0) is 0 Å². The van der Waals surface area contributed by atoms with E-state index >= 15 is 0 Å². The summed E-state index contributed by atoms with van der Waals surface area (Å²) in [6.07, 6.45) is 1.95. The smallest absolute Gasteiger partial charge is 0.474 e. The molecule has 11 nitrogen and oxygen atoms in total. The molecule has 0 amide bonds. The molecule has 3 rings (SSSR count). The Labute approximate surface area is 130 Å². The van der Waals surface area contributed by atoms with Crippen LogP contribution in [0.3, 0.4) is 0 Å². The molecule has 0 saturated carbocycles. The van der Waals surface area contributed by atoms with E-state index in [2.05, 4.69) is 19.5 Å². The topological polar surface area (TPSA) is 155 Å². The second-order valence-corrected chi connectivity index (χ2v) is 6.18. The molecule has 12 heteroatoms. The van der Waals surface area contributed by atoms with Crippen molar-refractivity contribution < 1.29 is 28.3 Å². The number of fused-ring (bicyclic) bond motifs is 1. The van der Waals surface area contributed by atoms with E-state index in [1.807, 2.05) is 0 Å². The quantitative estimate of drug-likeness (QED) is 0.647. The van der Waals surface area contributed by atoms with Crippen molar-refractivity contribution in [2.24, 2.45) is 0 Å². The van der Waals surface area contributed by atoms with Crippen LogP contribution < -0.4 is 5.73 Å². The number of anilines is 1.